The van der Waals surface area contributed by atoms with E-state index in [-0.39, 0.29) is 6.17 Å². The Morgan fingerprint density at radius 2 is 2.07 bits per heavy atom. The van der Waals surface area contributed by atoms with Crippen molar-refractivity contribution in [2.75, 3.05) is 45.6 Å². The van der Waals surface area contributed by atoms with E-state index in [1.54, 1.807) is 0 Å². The normalized spacial score (nSPS) is 19.2. The highest BCUT2D eigenvalue weighted by atomic mass is 15.2. The van der Waals surface area contributed by atoms with Crippen molar-refractivity contribution in [2.45, 2.75) is 45.4 Å². The lowest BCUT2D eigenvalue weighted by Gasteiger charge is -2.36. The highest BCUT2D eigenvalue weighted by Crippen LogP contribution is 2.22. The SMILES string of the molecule is CC(C)C[C@H]1CNCCN1Cc1nc(NCCC(N)N(C)C)c2ccccc2n1. The van der Waals surface area contributed by atoms with Gasteiger partial charge in [0.15, 0.2) is 0 Å². The zero-order valence-corrected chi connectivity index (χ0v) is 18.4. The van der Waals surface area contributed by atoms with Crippen LogP contribution in [0, 0.1) is 5.92 Å². The van der Waals surface area contributed by atoms with Crippen LogP contribution in [-0.4, -0.2) is 72.2 Å². The van der Waals surface area contributed by atoms with Crippen molar-refractivity contribution in [3.05, 3.63) is 30.1 Å². The summed E-state index contributed by atoms with van der Waals surface area (Å²) in [4.78, 5) is 14.3. The predicted molar refractivity (Wildman–Crippen MR) is 121 cm³/mol. The van der Waals surface area contributed by atoms with Crippen LogP contribution in [0.5, 0.6) is 0 Å². The zero-order chi connectivity index (χ0) is 20.8. The van der Waals surface area contributed by atoms with Gasteiger partial charge in [0, 0.05) is 37.6 Å². The van der Waals surface area contributed by atoms with E-state index in [1.165, 1.54) is 6.42 Å². The van der Waals surface area contributed by atoms with Gasteiger partial charge in [-0.3, -0.25) is 9.80 Å². The maximum absolute atomic E-state index is 6.14. The van der Waals surface area contributed by atoms with Crippen LogP contribution in [0.15, 0.2) is 24.3 Å². The summed E-state index contributed by atoms with van der Waals surface area (Å²) in [5.74, 6) is 2.48. The van der Waals surface area contributed by atoms with Gasteiger partial charge in [-0.1, -0.05) is 26.0 Å². The average molecular weight is 400 g/mol. The second-order valence-electron chi connectivity index (χ2n) is 8.71. The van der Waals surface area contributed by atoms with Gasteiger partial charge >= 0.3 is 0 Å². The molecule has 2 heterocycles. The third-order valence-corrected chi connectivity index (χ3v) is 5.61. The second kappa shape index (κ2) is 10.3. The zero-order valence-electron chi connectivity index (χ0n) is 18.4. The molecule has 2 aromatic rings. The fourth-order valence-corrected chi connectivity index (χ4v) is 3.90. The van der Waals surface area contributed by atoms with Crippen molar-refractivity contribution in [1.29, 1.82) is 0 Å². The first-order valence-electron chi connectivity index (χ1n) is 10.8. The van der Waals surface area contributed by atoms with Gasteiger partial charge in [-0.15, -0.1) is 0 Å². The van der Waals surface area contributed by atoms with E-state index < -0.39 is 0 Å². The number of aromatic nitrogens is 2. The maximum Gasteiger partial charge on any atom is 0.145 e. The maximum atomic E-state index is 6.14. The fourth-order valence-electron chi connectivity index (χ4n) is 3.90. The molecule has 7 nitrogen and oxygen atoms in total. The number of fused-ring (bicyclic) bond motifs is 1. The summed E-state index contributed by atoms with van der Waals surface area (Å²) in [6.07, 6.45) is 2.08. The summed E-state index contributed by atoms with van der Waals surface area (Å²) in [6.45, 7) is 9.25. The smallest absolute Gasteiger partial charge is 0.145 e. The van der Waals surface area contributed by atoms with Gasteiger partial charge in [0.05, 0.1) is 18.2 Å². The third kappa shape index (κ3) is 6.09. The molecule has 2 atom stereocenters. The van der Waals surface area contributed by atoms with Crippen molar-refractivity contribution in [3.63, 3.8) is 0 Å². The molecule has 1 aliphatic rings. The Hall–Kier alpha value is -1.80. The van der Waals surface area contributed by atoms with Crippen molar-refractivity contribution in [3.8, 4) is 0 Å². The number of piperazine rings is 1. The minimum atomic E-state index is 0.0349. The molecule has 1 aromatic heterocycles. The molecule has 0 radical (unpaired) electrons. The number of hydrogen-bond acceptors (Lipinski definition) is 7. The first-order valence-corrected chi connectivity index (χ1v) is 10.8. The Morgan fingerprint density at radius 1 is 1.28 bits per heavy atom. The lowest BCUT2D eigenvalue weighted by molar-refractivity contribution is 0.131. The summed E-state index contributed by atoms with van der Waals surface area (Å²) < 4.78 is 0. The number of nitrogens with one attached hydrogen (secondary N) is 2. The highest BCUT2D eigenvalue weighted by Gasteiger charge is 2.24. The number of rotatable bonds is 9. The van der Waals surface area contributed by atoms with Crippen LogP contribution in [0.3, 0.4) is 0 Å². The summed E-state index contributed by atoms with van der Waals surface area (Å²) in [7, 11) is 4.01. The number of anilines is 1. The molecule has 3 rings (SSSR count). The first kappa shape index (κ1) is 21.9. The topological polar surface area (TPSA) is 82.3 Å². The second-order valence-corrected chi connectivity index (χ2v) is 8.71. The van der Waals surface area contributed by atoms with Gasteiger partial charge in [0.2, 0.25) is 0 Å². The molecule has 29 heavy (non-hydrogen) atoms. The van der Waals surface area contributed by atoms with Gasteiger partial charge < -0.3 is 16.4 Å². The molecule has 1 fully saturated rings. The van der Waals surface area contributed by atoms with Gasteiger partial charge in [-0.25, -0.2) is 9.97 Å². The standard InChI is InChI=1S/C22H37N7/c1-16(2)13-17-14-24-11-12-29(17)15-21-26-19-8-6-5-7-18(19)22(27-21)25-10-9-20(23)28(3)4/h5-8,16-17,20,24H,9-15,23H2,1-4H3,(H,25,26,27)/t17-,20?/m0/s1. The summed E-state index contributed by atoms with van der Waals surface area (Å²) in [5, 5.41) is 8.10. The van der Waals surface area contributed by atoms with Crippen LogP contribution < -0.4 is 16.4 Å². The van der Waals surface area contributed by atoms with Crippen molar-refractivity contribution < 1.29 is 0 Å². The quantitative estimate of drug-likeness (QED) is 0.557. The number of hydrogen-bond donors (Lipinski definition) is 3. The molecular formula is C22H37N7. The van der Waals surface area contributed by atoms with Crippen LogP contribution in [0.25, 0.3) is 10.9 Å². The van der Waals surface area contributed by atoms with Gasteiger partial charge in [-0.05, 0) is 45.0 Å². The molecule has 160 valence electrons. The largest absolute Gasteiger partial charge is 0.369 e. The Bertz CT molecular complexity index is 777. The molecule has 1 saturated heterocycles. The molecular weight excluding hydrogens is 362 g/mol. The van der Waals surface area contributed by atoms with Crippen LogP contribution in [0.2, 0.25) is 0 Å². The molecule has 0 spiro atoms. The van der Waals surface area contributed by atoms with Crippen LogP contribution >= 0.6 is 0 Å². The number of nitrogens with zero attached hydrogens (tertiary/aromatic N) is 4. The Balaban J connectivity index is 1.77. The lowest BCUT2D eigenvalue weighted by atomic mass is 10.0. The van der Waals surface area contributed by atoms with E-state index in [1.807, 2.05) is 31.1 Å². The van der Waals surface area contributed by atoms with Gasteiger partial charge in [0.1, 0.15) is 11.6 Å². The van der Waals surface area contributed by atoms with Crippen LogP contribution in [0.1, 0.15) is 32.5 Å². The minimum Gasteiger partial charge on any atom is -0.369 e. The third-order valence-electron chi connectivity index (χ3n) is 5.61. The number of benzene rings is 1. The van der Waals surface area contributed by atoms with E-state index in [4.69, 9.17) is 15.7 Å². The predicted octanol–water partition coefficient (Wildman–Crippen LogP) is 2.10. The first-order chi connectivity index (χ1) is 13.9. The minimum absolute atomic E-state index is 0.0349. The van der Waals surface area contributed by atoms with E-state index in [0.29, 0.717) is 12.0 Å². The fraction of sp³-hybridized carbons (Fsp3) is 0.636. The molecule has 1 aromatic carbocycles. The molecule has 0 bridgehead atoms. The molecule has 0 saturated carbocycles. The molecule has 1 unspecified atom stereocenters. The van der Waals surface area contributed by atoms with Gasteiger partial charge in [-0.2, -0.15) is 0 Å². The monoisotopic (exact) mass is 399 g/mol. The summed E-state index contributed by atoms with van der Waals surface area (Å²) in [5.41, 5.74) is 7.14. The van der Waals surface area contributed by atoms with E-state index in [9.17, 15) is 0 Å². The molecule has 0 amide bonds. The van der Waals surface area contributed by atoms with Crippen LogP contribution in [0.4, 0.5) is 5.82 Å². The van der Waals surface area contributed by atoms with Gasteiger partial charge in [0.25, 0.3) is 0 Å². The van der Waals surface area contributed by atoms with Crippen molar-refractivity contribution in [1.82, 2.24) is 25.1 Å². The molecule has 4 N–H and O–H groups in total. The average Bonchev–Trinajstić information content (AvgIpc) is 2.69. The van der Waals surface area contributed by atoms with E-state index in [2.05, 4.69) is 41.5 Å². The number of nitrogens with two attached hydrogens (primary N) is 1. The van der Waals surface area contributed by atoms with E-state index >= 15 is 0 Å². The molecule has 1 aliphatic heterocycles. The highest BCUT2D eigenvalue weighted by molar-refractivity contribution is 5.88. The van der Waals surface area contributed by atoms with Crippen molar-refractivity contribution >= 4 is 16.7 Å². The van der Waals surface area contributed by atoms with E-state index in [0.717, 1.165) is 61.7 Å². The number of para-hydroxylation sites is 1. The van der Waals surface area contributed by atoms with Crippen LogP contribution in [-0.2, 0) is 6.54 Å². The molecule has 7 heteroatoms. The summed E-state index contributed by atoms with van der Waals surface area (Å²) >= 11 is 0. The molecule has 0 aliphatic carbocycles. The Morgan fingerprint density at radius 3 is 2.83 bits per heavy atom. The lowest BCUT2D eigenvalue weighted by Crippen LogP contribution is -2.51. The van der Waals surface area contributed by atoms with Crippen molar-refractivity contribution in [2.24, 2.45) is 11.7 Å². The Kier molecular flexibility index (Phi) is 7.77. The Labute approximate surface area is 175 Å². The summed E-state index contributed by atoms with van der Waals surface area (Å²) in [6, 6.07) is 8.77.